The van der Waals surface area contributed by atoms with E-state index in [9.17, 15) is 4.79 Å². The molecule has 1 atom stereocenters. The molecule has 0 aliphatic heterocycles. The van der Waals surface area contributed by atoms with Crippen LogP contribution < -0.4 is 10.5 Å². The number of fused-ring (bicyclic) bond motifs is 1. The number of aromatic amines is 1. The summed E-state index contributed by atoms with van der Waals surface area (Å²) in [7, 11) is 4.98. The summed E-state index contributed by atoms with van der Waals surface area (Å²) in [6.45, 7) is 4.45. The van der Waals surface area contributed by atoms with E-state index in [2.05, 4.69) is 15.2 Å². The van der Waals surface area contributed by atoms with Crippen LogP contribution in [-0.2, 0) is 9.53 Å². The number of hydrogen-bond acceptors (Lipinski definition) is 6. The van der Waals surface area contributed by atoms with Crippen LogP contribution in [0.15, 0.2) is 60.8 Å². The number of carbonyl (C=O) groups is 1. The molecule has 36 heavy (non-hydrogen) atoms. The lowest BCUT2D eigenvalue weighted by molar-refractivity contribution is -0.141. The van der Waals surface area contributed by atoms with Crippen LogP contribution in [0.3, 0.4) is 0 Å². The molecule has 0 saturated carbocycles. The number of nitrogens with two attached hydrogens (primary N) is 1. The first-order valence-corrected chi connectivity index (χ1v) is 11.9. The molecule has 0 aliphatic carbocycles. The van der Waals surface area contributed by atoms with E-state index in [0.717, 1.165) is 39.1 Å². The van der Waals surface area contributed by atoms with Gasteiger partial charge in [0.1, 0.15) is 5.75 Å². The van der Waals surface area contributed by atoms with Gasteiger partial charge < -0.3 is 20.1 Å². The predicted octanol–water partition coefficient (Wildman–Crippen LogP) is 4.57. The van der Waals surface area contributed by atoms with Gasteiger partial charge in [0, 0.05) is 49.0 Å². The molecule has 0 saturated heterocycles. The van der Waals surface area contributed by atoms with Gasteiger partial charge in [0.15, 0.2) is 11.8 Å². The normalized spacial score (nSPS) is 12.5. The fourth-order valence-electron chi connectivity index (χ4n) is 4.14. The summed E-state index contributed by atoms with van der Waals surface area (Å²) in [6, 6.07) is 17.6. The summed E-state index contributed by atoms with van der Waals surface area (Å²) >= 11 is 0. The number of methoxy groups -OCH3 is 2. The van der Waals surface area contributed by atoms with Crippen LogP contribution in [0.1, 0.15) is 31.9 Å². The van der Waals surface area contributed by atoms with Crippen molar-refractivity contribution in [1.82, 2.24) is 20.1 Å². The summed E-state index contributed by atoms with van der Waals surface area (Å²) in [6.07, 6.45) is 1.76. The van der Waals surface area contributed by atoms with Crippen LogP contribution in [0.25, 0.3) is 33.4 Å². The second-order valence-electron chi connectivity index (χ2n) is 9.63. The smallest absolute Gasteiger partial charge is 0.256 e. The van der Waals surface area contributed by atoms with E-state index in [1.807, 2.05) is 68.4 Å². The zero-order valence-electron chi connectivity index (χ0n) is 21.4. The SMILES string of the molecule is COc1ccccc1-c1[nH]nc2ncc(-c3cccc(C(OC)C(=O)N(C)CCC(C)(C)N)c3)cc12. The zero-order chi connectivity index (χ0) is 25.9. The van der Waals surface area contributed by atoms with E-state index in [-0.39, 0.29) is 11.4 Å². The van der Waals surface area contributed by atoms with Gasteiger partial charge in [0.05, 0.1) is 12.8 Å². The van der Waals surface area contributed by atoms with E-state index in [4.69, 9.17) is 15.2 Å². The van der Waals surface area contributed by atoms with Crippen molar-refractivity contribution in [3.8, 4) is 28.1 Å². The van der Waals surface area contributed by atoms with E-state index >= 15 is 0 Å². The molecule has 3 N–H and O–H groups in total. The maximum Gasteiger partial charge on any atom is 0.256 e. The molecule has 2 aromatic carbocycles. The number of benzene rings is 2. The van der Waals surface area contributed by atoms with Gasteiger partial charge in [0.25, 0.3) is 5.91 Å². The molecular formula is C28H33N5O3. The summed E-state index contributed by atoms with van der Waals surface area (Å²) in [5.74, 6) is 0.639. The van der Waals surface area contributed by atoms with Crippen molar-refractivity contribution in [2.75, 3.05) is 27.8 Å². The third-order valence-electron chi connectivity index (χ3n) is 6.24. The Morgan fingerprint density at radius 1 is 1.11 bits per heavy atom. The minimum Gasteiger partial charge on any atom is -0.496 e. The maximum atomic E-state index is 13.2. The molecule has 2 aromatic heterocycles. The Hall–Kier alpha value is -3.75. The molecule has 8 heteroatoms. The number of hydrogen-bond donors (Lipinski definition) is 2. The number of amides is 1. The molecule has 0 spiro atoms. The van der Waals surface area contributed by atoms with Crippen LogP contribution in [0.5, 0.6) is 5.75 Å². The first-order chi connectivity index (χ1) is 17.2. The number of likely N-dealkylation sites (N-methyl/N-ethyl adjacent to an activating group) is 1. The quantitative estimate of drug-likeness (QED) is 0.358. The van der Waals surface area contributed by atoms with Crippen LogP contribution >= 0.6 is 0 Å². The second-order valence-corrected chi connectivity index (χ2v) is 9.63. The molecule has 0 fully saturated rings. The maximum absolute atomic E-state index is 13.2. The Morgan fingerprint density at radius 2 is 1.89 bits per heavy atom. The van der Waals surface area contributed by atoms with E-state index < -0.39 is 6.10 Å². The fraction of sp³-hybridized carbons (Fsp3) is 0.321. The Balaban J connectivity index is 1.66. The third-order valence-corrected chi connectivity index (χ3v) is 6.24. The number of pyridine rings is 1. The Morgan fingerprint density at radius 3 is 2.61 bits per heavy atom. The molecule has 2 heterocycles. The van der Waals surface area contributed by atoms with Gasteiger partial charge in [-0.1, -0.05) is 30.3 Å². The largest absolute Gasteiger partial charge is 0.496 e. The molecular weight excluding hydrogens is 454 g/mol. The zero-order valence-corrected chi connectivity index (χ0v) is 21.4. The molecule has 4 rings (SSSR count). The minimum atomic E-state index is -0.717. The predicted molar refractivity (Wildman–Crippen MR) is 142 cm³/mol. The molecule has 4 aromatic rings. The van der Waals surface area contributed by atoms with Crippen molar-refractivity contribution in [3.63, 3.8) is 0 Å². The molecule has 1 unspecified atom stereocenters. The first kappa shape index (κ1) is 25.3. The van der Waals surface area contributed by atoms with Gasteiger partial charge in [-0.15, -0.1) is 0 Å². The summed E-state index contributed by atoms with van der Waals surface area (Å²) in [5.41, 5.74) is 10.7. The van der Waals surface area contributed by atoms with E-state index in [1.54, 1.807) is 32.4 Å². The third kappa shape index (κ3) is 5.40. The van der Waals surface area contributed by atoms with E-state index in [1.165, 1.54) is 0 Å². The molecule has 0 radical (unpaired) electrons. The number of H-pyrrole nitrogens is 1. The fourth-order valence-corrected chi connectivity index (χ4v) is 4.14. The highest BCUT2D eigenvalue weighted by molar-refractivity contribution is 5.94. The number of nitrogens with zero attached hydrogens (tertiary/aromatic N) is 3. The number of para-hydroxylation sites is 1. The van der Waals surface area contributed by atoms with Crippen LogP contribution in [0, 0.1) is 0 Å². The molecule has 1 amide bonds. The van der Waals surface area contributed by atoms with Crippen molar-refractivity contribution >= 4 is 16.9 Å². The highest BCUT2D eigenvalue weighted by Gasteiger charge is 2.25. The second kappa shape index (κ2) is 10.5. The van der Waals surface area contributed by atoms with Crippen molar-refractivity contribution in [2.24, 2.45) is 5.73 Å². The summed E-state index contributed by atoms with van der Waals surface area (Å²) in [5, 5.41) is 8.35. The van der Waals surface area contributed by atoms with Crippen molar-refractivity contribution in [3.05, 3.63) is 66.4 Å². The minimum absolute atomic E-state index is 0.110. The lowest BCUT2D eigenvalue weighted by Crippen LogP contribution is -2.40. The van der Waals surface area contributed by atoms with Crippen molar-refractivity contribution in [1.29, 1.82) is 0 Å². The van der Waals surface area contributed by atoms with Gasteiger partial charge in [-0.2, -0.15) is 5.10 Å². The number of ether oxygens (including phenoxy) is 2. The van der Waals surface area contributed by atoms with Gasteiger partial charge >= 0.3 is 0 Å². The average Bonchev–Trinajstić information content (AvgIpc) is 3.30. The van der Waals surface area contributed by atoms with Crippen molar-refractivity contribution in [2.45, 2.75) is 31.9 Å². The van der Waals surface area contributed by atoms with Crippen LogP contribution in [-0.4, -0.2) is 59.3 Å². The van der Waals surface area contributed by atoms with Crippen LogP contribution in [0.2, 0.25) is 0 Å². The highest BCUT2D eigenvalue weighted by atomic mass is 16.5. The highest BCUT2D eigenvalue weighted by Crippen LogP contribution is 2.35. The van der Waals surface area contributed by atoms with Gasteiger partial charge in [-0.05, 0) is 55.7 Å². The molecule has 0 aliphatic rings. The molecule has 188 valence electrons. The molecule has 0 bridgehead atoms. The van der Waals surface area contributed by atoms with E-state index in [0.29, 0.717) is 18.6 Å². The van der Waals surface area contributed by atoms with Gasteiger partial charge in [0.2, 0.25) is 0 Å². The Bertz CT molecular complexity index is 1360. The van der Waals surface area contributed by atoms with Gasteiger partial charge in [-0.3, -0.25) is 9.89 Å². The summed E-state index contributed by atoms with van der Waals surface area (Å²) < 4.78 is 11.2. The Kier molecular flexibility index (Phi) is 7.37. The first-order valence-electron chi connectivity index (χ1n) is 11.9. The average molecular weight is 488 g/mol. The number of nitrogens with one attached hydrogen (secondary N) is 1. The lowest BCUT2D eigenvalue weighted by atomic mass is 9.99. The van der Waals surface area contributed by atoms with Crippen molar-refractivity contribution < 1.29 is 14.3 Å². The number of aromatic nitrogens is 3. The topological polar surface area (TPSA) is 106 Å². The molecule has 8 nitrogen and oxygen atoms in total. The standard InChI is InChI=1S/C28H33N5O3/c1-28(2,29)13-14-33(3)27(34)25(36-5)19-10-8-9-18(15-19)20-16-22-24(31-32-26(22)30-17-20)21-11-6-7-12-23(21)35-4/h6-12,15-17,25H,13-14,29H2,1-5H3,(H,30,31,32). The lowest BCUT2D eigenvalue weighted by Gasteiger charge is -2.27. The Labute approximate surface area is 211 Å². The van der Waals surface area contributed by atoms with Gasteiger partial charge in [-0.25, -0.2) is 4.98 Å². The number of carbonyl (C=O) groups excluding carboxylic acids is 1. The monoisotopic (exact) mass is 487 g/mol. The number of rotatable bonds is 9. The summed E-state index contributed by atoms with van der Waals surface area (Å²) in [4.78, 5) is 19.4. The van der Waals surface area contributed by atoms with Crippen LogP contribution in [0.4, 0.5) is 0 Å².